The van der Waals surface area contributed by atoms with E-state index >= 15 is 0 Å². The standard InChI is InChI=1S/C64H40N2S/c1-5-26-48-44(22-1)60(45-23-2-6-27-49(45)63(48)65-54-31-13-9-18-40(54)41-19-10-14-32-55(41)65)39-36-37-58-53(38-39)62-52(30-17-35-59(62)67-58)61-46-24-3-7-28-50(46)64(51-29-8-4-25-47(51)61)66-56-33-15-11-20-42(56)43-21-12-16-34-57(43)66/h1-11,13-15,17-38H,12,16H2. The van der Waals surface area contributed by atoms with Crippen molar-refractivity contribution in [2.24, 2.45) is 0 Å². The minimum Gasteiger partial charge on any atom is -0.308 e. The highest BCUT2D eigenvalue weighted by molar-refractivity contribution is 7.26. The van der Waals surface area contributed by atoms with Crippen LogP contribution in [0.15, 0.2) is 206 Å². The Morgan fingerprint density at radius 2 is 0.791 bits per heavy atom. The van der Waals surface area contributed by atoms with Crippen molar-refractivity contribution in [3.63, 3.8) is 0 Å². The Balaban J connectivity index is 1.01. The summed E-state index contributed by atoms with van der Waals surface area (Å²) in [5, 5.41) is 19.2. The smallest absolute Gasteiger partial charge is 0.0619 e. The molecule has 0 N–H and O–H groups in total. The predicted molar refractivity (Wildman–Crippen MR) is 289 cm³/mol. The monoisotopic (exact) mass is 868 g/mol. The molecule has 0 saturated heterocycles. The lowest BCUT2D eigenvalue weighted by Crippen LogP contribution is -2.30. The summed E-state index contributed by atoms with van der Waals surface area (Å²) in [6.45, 7) is 0. The van der Waals surface area contributed by atoms with Gasteiger partial charge < -0.3 is 9.13 Å². The number of aromatic nitrogens is 2. The van der Waals surface area contributed by atoms with Crippen LogP contribution in [0.1, 0.15) is 12.8 Å². The molecule has 312 valence electrons. The number of fused-ring (bicyclic) bond motifs is 13. The van der Waals surface area contributed by atoms with E-state index in [-0.39, 0.29) is 0 Å². The van der Waals surface area contributed by atoms with Gasteiger partial charge in [0.15, 0.2) is 0 Å². The molecular weight excluding hydrogens is 829 g/mol. The van der Waals surface area contributed by atoms with E-state index in [1.54, 1.807) is 0 Å². The number of hydrogen-bond donors (Lipinski definition) is 0. The quantitative estimate of drug-likeness (QED) is 0.156. The Morgan fingerprint density at radius 3 is 1.37 bits per heavy atom. The highest BCUT2D eigenvalue weighted by Gasteiger charge is 2.24. The van der Waals surface area contributed by atoms with Crippen LogP contribution in [0.2, 0.25) is 0 Å². The fraction of sp³-hybridized carbons (Fsp3) is 0.0312. The first-order valence-corrected chi connectivity index (χ1v) is 24.2. The molecule has 3 heteroatoms. The summed E-state index contributed by atoms with van der Waals surface area (Å²) < 4.78 is 7.66. The van der Waals surface area contributed by atoms with Crippen molar-refractivity contribution in [2.45, 2.75) is 12.8 Å². The van der Waals surface area contributed by atoms with Crippen LogP contribution in [-0.4, -0.2) is 9.13 Å². The molecule has 0 aliphatic heterocycles. The van der Waals surface area contributed by atoms with E-state index < -0.39 is 0 Å². The third kappa shape index (κ3) is 5.15. The van der Waals surface area contributed by atoms with Gasteiger partial charge in [-0.25, -0.2) is 0 Å². The zero-order chi connectivity index (χ0) is 43.7. The van der Waals surface area contributed by atoms with Crippen molar-refractivity contribution in [1.82, 2.24) is 9.13 Å². The summed E-state index contributed by atoms with van der Waals surface area (Å²) in [6, 6.07) is 77.2. The zero-order valence-corrected chi connectivity index (χ0v) is 37.3. The van der Waals surface area contributed by atoms with Crippen LogP contribution in [0, 0.1) is 0 Å². The SMILES string of the molecule is C1=c2c(n(-c3c4ccccc4c(-c4cccc5sc6ccc(-c7c8ccccc8c(-n8c9ccccc9c9ccccc98)c8ccccc78)cc6c45)c4ccccc34)c3ccccc23)=CCC1. The van der Waals surface area contributed by atoms with E-state index in [1.807, 2.05) is 11.3 Å². The fourth-order valence-corrected chi connectivity index (χ4v) is 13.1. The van der Waals surface area contributed by atoms with Crippen molar-refractivity contribution in [2.75, 3.05) is 0 Å². The van der Waals surface area contributed by atoms with Gasteiger partial charge in [-0.2, -0.15) is 0 Å². The second-order valence-corrected chi connectivity index (χ2v) is 19.2. The number of rotatable bonds is 4. The molecule has 2 nitrogen and oxygen atoms in total. The molecule has 1 aliphatic rings. The van der Waals surface area contributed by atoms with Gasteiger partial charge in [-0.1, -0.05) is 182 Å². The van der Waals surface area contributed by atoms with Gasteiger partial charge in [0.2, 0.25) is 0 Å². The maximum Gasteiger partial charge on any atom is 0.0619 e. The number of thiophene rings is 1. The lowest BCUT2D eigenvalue weighted by atomic mass is 9.87. The summed E-state index contributed by atoms with van der Waals surface area (Å²) in [7, 11) is 0. The van der Waals surface area contributed by atoms with Crippen LogP contribution in [-0.2, 0) is 0 Å². The average Bonchev–Trinajstić information content (AvgIpc) is 4.05. The first-order valence-electron chi connectivity index (χ1n) is 23.4. The van der Waals surface area contributed by atoms with Gasteiger partial charge in [0, 0.05) is 68.4 Å². The van der Waals surface area contributed by atoms with Gasteiger partial charge in [0.25, 0.3) is 0 Å². The van der Waals surface area contributed by atoms with Crippen molar-refractivity contribution in [3.8, 4) is 33.6 Å². The summed E-state index contributed by atoms with van der Waals surface area (Å²) in [5.74, 6) is 0. The molecule has 1 aliphatic carbocycles. The molecule has 15 rings (SSSR count). The molecular formula is C64H40N2S. The predicted octanol–water partition coefficient (Wildman–Crippen LogP) is 16.4. The van der Waals surface area contributed by atoms with Crippen LogP contribution in [0.25, 0.3) is 142 Å². The van der Waals surface area contributed by atoms with Crippen LogP contribution < -0.4 is 10.6 Å². The first-order chi connectivity index (χ1) is 33.3. The molecule has 0 spiro atoms. The Morgan fingerprint density at radius 1 is 0.328 bits per heavy atom. The molecule has 0 atom stereocenters. The van der Waals surface area contributed by atoms with E-state index in [9.17, 15) is 0 Å². The van der Waals surface area contributed by atoms with E-state index in [0.29, 0.717) is 0 Å². The Kier molecular flexibility index (Phi) is 7.81. The molecule has 0 fully saturated rings. The average molecular weight is 869 g/mol. The summed E-state index contributed by atoms with van der Waals surface area (Å²) in [5.41, 5.74) is 11.2. The Labute approximate surface area is 389 Å². The second-order valence-electron chi connectivity index (χ2n) is 18.1. The number of benzene rings is 11. The van der Waals surface area contributed by atoms with Crippen molar-refractivity contribution >= 4 is 119 Å². The third-order valence-electron chi connectivity index (χ3n) is 14.7. The highest BCUT2D eigenvalue weighted by Crippen LogP contribution is 2.49. The molecule has 14 aromatic rings. The molecule has 3 aromatic heterocycles. The summed E-state index contributed by atoms with van der Waals surface area (Å²) in [4.78, 5) is 0. The van der Waals surface area contributed by atoms with Gasteiger partial charge in [0.05, 0.1) is 27.9 Å². The van der Waals surface area contributed by atoms with Crippen LogP contribution in [0.3, 0.4) is 0 Å². The van der Waals surface area contributed by atoms with Crippen molar-refractivity contribution in [1.29, 1.82) is 0 Å². The summed E-state index contributed by atoms with van der Waals surface area (Å²) in [6.07, 6.45) is 7.01. The van der Waals surface area contributed by atoms with Gasteiger partial charge in [-0.3, -0.25) is 0 Å². The minimum absolute atomic E-state index is 1.05. The normalized spacial score (nSPS) is 12.9. The van der Waals surface area contributed by atoms with E-state index in [4.69, 9.17) is 0 Å². The highest BCUT2D eigenvalue weighted by atomic mass is 32.1. The molecule has 0 radical (unpaired) electrons. The minimum atomic E-state index is 1.05. The van der Waals surface area contributed by atoms with Crippen LogP contribution in [0.5, 0.6) is 0 Å². The third-order valence-corrected chi connectivity index (χ3v) is 15.8. The molecule has 0 amide bonds. The molecule has 3 heterocycles. The fourth-order valence-electron chi connectivity index (χ4n) is 12.0. The molecule has 0 saturated carbocycles. The van der Waals surface area contributed by atoms with Crippen molar-refractivity contribution in [3.05, 3.63) is 217 Å². The maximum atomic E-state index is 2.56. The lowest BCUT2D eigenvalue weighted by Gasteiger charge is -2.20. The van der Waals surface area contributed by atoms with E-state index in [1.165, 1.54) is 140 Å². The largest absolute Gasteiger partial charge is 0.308 e. The Bertz CT molecular complexity index is 4410. The first kappa shape index (κ1) is 37.0. The number of nitrogens with zero attached hydrogens (tertiary/aromatic N) is 2. The molecule has 11 aromatic carbocycles. The zero-order valence-electron chi connectivity index (χ0n) is 36.5. The lowest BCUT2D eigenvalue weighted by molar-refractivity contribution is 1.04. The van der Waals surface area contributed by atoms with Crippen molar-refractivity contribution < 1.29 is 0 Å². The molecule has 0 bridgehead atoms. The van der Waals surface area contributed by atoms with Crippen LogP contribution >= 0.6 is 11.3 Å². The van der Waals surface area contributed by atoms with Gasteiger partial charge in [-0.05, 0) is 93.0 Å². The van der Waals surface area contributed by atoms with Gasteiger partial charge in [0.1, 0.15) is 0 Å². The summed E-state index contributed by atoms with van der Waals surface area (Å²) >= 11 is 1.90. The number of para-hydroxylation sites is 3. The Hall–Kier alpha value is -8.24. The topological polar surface area (TPSA) is 9.86 Å². The van der Waals surface area contributed by atoms with Crippen LogP contribution in [0.4, 0.5) is 0 Å². The van der Waals surface area contributed by atoms with Gasteiger partial charge >= 0.3 is 0 Å². The maximum absolute atomic E-state index is 2.56. The second kappa shape index (κ2) is 14.1. The number of hydrogen-bond acceptors (Lipinski definition) is 1. The van der Waals surface area contributed by atoms with Gasteiger partial charge in [-0.15, -0.1) is 11.3 Å². The van der Waals surface area contributed by atoms with E-state index in [2.05, 4.69) is 228 Å². The molecule has 0 unspecified atom stereocenters. The molecule has 67 heavy (non-hydrogen) atoms. The van der Waals surface area contributed by atoms with E-state index in [0.717, 1.165) is 12.8 Å².